The molecule has 5 heteroatoms. The number of aromatic nitrogens is 1. The van der Waals surface area contributed by atoms with Gasteiger partial charge in [0.25, 0.3) is 0 Å². The van der Waals surface area contributed by atoms with E-state index in [2.05, 4.69) is 36.4 Å². The predicted octanol–water partition coefficient (Wildman–Crippen LogP) is 2.25. The van der Waals surface area contributed by atoms with Crippen LogP contribution in [0.1, 0.15) is 37.9 Å². The largest absolute Gasteiger partial charge is 0.378 e. The molecule has 1 aromatic rings. The second-order valence-electron chi connectivity index (χ2n) is 5.38. The van der Waals surface area contributed by atoms with Crippen LogP contribution in [0.3, 0.4) is 0 Å². The van der Waals surface area contributed by atoms with Crippen molar-refractivity contribution in [2.75, 3.05) is 19.8 Å². The van der Waals surface area contributed by atoms with Crippen LogP contribution in [0.25, 0.3) is 0 Å². The molecule has 1 fully saturated rings. The molecule has 1 N–H and O–H groups in total. The van der Waals surface area contributed by atoms with Crippen LogP contribution in [-0.2, 0) is 17.8 Å². The van der Waals surface area contributed by atoms with Gasteiger partial charge in [0.1, 0.15) is 5.01 Å². The highest BCUT2D eigenvalue weighted by Gasteiger charge is 2.22. The van der Waals surface area contributed by atoms with Crippen molar-refractivity contribution in [3.63, 3.8) is 0 Å². The van der Waals surface area contributed by atoms with Crippen molar-refractivity contribution in [1.29, 1.82) is 0 Å². The number of nitrogens with zero attached hydrogens (tertiary/aromatic N) is 2. The van der Waals surface area contributed by atoms with Crippen molar-refractivity contribution in [3.05, 3.63) is 16.1 Å². The van der Waals surface area contributed by atoms with E-state index in [4.69, 9.17) is 9.72 Å². The van der Waals surface area contributed by atoms with Crippen LogP contribution in [0.2, 0.25) is 0 Å². The molecule has 2 rings (SSSR count). The fourth-order valence-corrected chi connectivity index (χ4v) is 3.01. The van der Waals surface area contributed by atoms with Crippen molar-refractivity contribution in [2.24, 2.45) is 0 Å². The van der Waals surface area contributed by atoms with Crippen molar-refractivity contribution in [2.45, 2.75) is 52.4 Å². The zero-order valence-corrected chi connectivity index (χ0v) is 13.0. The Morgan fingerprint density at radius 3 is 3.16 bits per heavy atom. The Kier molecular flexibility index (Phi) is 5.76. The summed E-state index contributed by atoms with van der Waals surface area (Å²) in [6.45, 7) is 11.1. The molecule has 0 aromatic carbocycles. The number of rotatable bonds is 6. The van der Waals surface area contributed by atoms with Crippen LogP contribution >= 0.6 is 11.3 Å². The molecule has 1 aromatic heterocycles. The first kappa shape index (κ1) is 14.9. The Morgan fingerprint density at radius 2 is 2.42 bits per heavy atom. The molecule has 1 saturated heterocycles. The summed E-state index contributed by atoms with van der Waals surface area (Å²) >= 11 is 1.76. The summed E-state index contributed by atoms with van der Waals surface area (Å²) in [5.41, 5.74) is 1.20. The smallest absolute Gasteiger partial charge is 0.107 e. The molecule has 1 atom stereocenters. The first-order valence-corrected chi connectivity index (χ1v) is 8.05. The number of ether oxygens (including phenoxy) is 1. The molecule has 2 heterocycles. The van der Waals surface area contributed by atoms with Gasteiger partial charge in [-0.15, -0.1) is 11.3 Å². The first-order valence-electron chi connectivity index (χ1n) is 7.17. The fraction of sp³-hybridized carbons (Fsp3) is 0.786. The van der Waals surface area contributed by atoms with E-state index in [1.165, 1.54) is 10.7 Å². The highest BCUT2D eigenvalue weighted by atomic mass is 32.1. The molecule has 0 aliphatic carbocycles. The SMILES string of the molecule is CCC1COCCN1Cc1csc(CNC(C)C)n1. The Labute approximate surface area is 120 Å². The standard InChI is InChI=1S/C14H25N3OS/c1-4-13-9-18-6-5-17(13)8-12-10-19-14(16-12)7-15-11(2)3/h10-11,13,15H,4-9H2,1-3H3. The number of morpholine rings is 1. The lowest BCUT2D eigenvalue weighted by atomic mass is 10.1. The molecule has 1 aliphatic rings. The van der Waals surface area contributed by atoms with Gasteiger partial charge in [-0.05, 0) is 6.42 Å². The molecule has 0 bridgehead atoms. The minimum atomic E-state index is 0.510. The van der Waals surface area contributed by atoms with Gasteiger partial charge in [0.2, 0.25) is 0 Å². The van der Waals surface area contributed by atoms with Gasteiger partial charge in [0.05, 0.1) is 18.9 Å². The van der Waals surface area contributed by atoms with E-state index in [1.54, 1.807) is 11.3 Å². The number of nitrogens with one attached hydrogen (secondary N) is 1. The second kappa shape index (κ2) is 7.33. The molecular formula is C14H25N3OS. The molecule has 0 spiro atoms. The lowest BCUT2D eigenvalue weighted by Crippen LogP contribution is -2.44. The molecule has 0 radical (unpaired) electrons. The lowest BCUT2D eigenvalue weighted by molar-refractivity contribution is -0.0132. The van der Waals surface area contributed by atoms with Gasteiger partial charge in [-0.3, -0.25) is 4.90 Å². The van der Waals surface area contributed by atoms with Gasteiger partial charge in [-0.2, -0.15) is 0 Å². The van der Waals surface area contributed by atoms with E-state index in [9.17, 15) is 0 Å². The molecule has 19 heavy (non-hydrogen) atoms. The Bertz CT molecular complexity index is 381. The van der Waals surface area contributed by atoms with Crippen molar-refractivity contribution >= 4 is 11.3 Å². The van der Waals surface area contributed by atoms with Crippen molar-refractivity contribution < 1.29 is 4.74 Å². The van der Waals surface area contributed by atoms with Crippen LogP contribution in [0, 0.1) is 0 Å². The topological polar surface area (TPSA) is 37.4 Å². The van der Waals surface area contributed by atoms with Gasteiger partial charge >= 0.3 is 0 Å². The molecule has 0 saturated carbocycles. The summed E-state index contributed by atoms with van der Waals surface area (Å²) < 4.78 is 5.54. The van der Waals surface area contributed by atoms with Crippen LogP contribution in [0.4, 0.5) is 0 Å². The molecule has 1 unspecified atom stereocenters. The number of hydrogen-bond acceptors (Lipinski definition) is 5. The molecule has 0 amide bonds. The van der Waals surface area contributed by atoms with Crippen molar-refractivity contribution in [3.8, 4) is 0 Å². The maximum atomic E-state index is 5.54. The molecule has 1 aliphatic heterocycles. The Morgan fingerprint density at radius 1 is 1.58 bits per heavy atom. The third kappa shape index (κ3) is 4.53. The van der Waals surface area contributed by atoms with Crippen LogP contribution in [0.15, 0.2) is 5.38 Å². The van der Waals surface area contributed by atoms with E-state index >= 15 is 0 Å². The zero-order chi connectivity index (χ0) is 13.7. The normalized spacial score (nSPS) is 21.2. The van der Waals surface area contributed by atoms with Gasteiger partial charge < -0.3 is 10.1 Å². The average molecular weight is 283 g/mol. The highest BCUT2D eigenvalue weighted by Crippen LogP contribution is 2.16. The summed E-state index contributed by atoms with van der Waals surface area (Å²) in [4.78, 5) is 7.22. The second-order valence-corrected chi connectivity index (χ2v) is 6.32. The van der Waals surface area contributed by atoms with E-state index in [0.29, 0.717) is 12.1 Å². The summed E-state index contributed by atoms with van der Waals surface area (Å²) in [6.07, 6.45) is 1.14. The maximum Gasteiger partial charge on any atom is 0.107 e. The predicted molar refractivity (Wildman–Crippen MR) is 79.4 cm³/mol. The van der Waals surface area contributed by atoms with Crippen molar-refractivity contribution in [1.82, 2.24) is 15.2 Å². The molecular weight excluding hydrogens is 258 g/mol. The maximum absolute atomic E-state index is 5.54. The van der Waals surface area contributed by atoms with Gasteiger partial charge in [-0.25, -0.2) is 4.98 Å². The average Bonchev–Trinajstić information content (AvgIpc) is 2.85. The van der Waals surface area contributed by atoms with E-state index in [1.807, 2.05) is 0 Å². The quantitative estimate of drug-likeness (QED) is 0.869. The van der Waals surface area contributed by atoms with E-state index in [0.717, 1.165) is 39.3 Å². The van der Waals surface area contributed by atoms with E-state index < -0.39 is 0 Å². The minimum Gasteiger partial charge on any atom is -0.378 e. The molecule has 108 valence electrons. The number of thiazole rings is 1. The van der Waals surface area contributed by atoms with Crippen LogP contribution in [0.5, 0.6) is 0 Å². The Hall–Kier alpha value is -0.490. The van der Waals surface area contributed by atoms with Crippen LogP contribution in [-0.4, -0.2) is 41.7 Å². The lowest BCUT2D eigenvalue weighted by Gasteiger charge is -2.34. The monoisotopic (exact) mass is 283 g/mol. The Balaban J connectivity index is 1.88. The number of hydrogen-bond donors (Lipinski definition) is 1. The minimum absolute atomic E-state index is 0.510. The van der Waals surface area contributed by atoms with Gasteiger partial charge in [0.15, 0.2) is 0 Å². The van der Waals surface area contributed by atoms with Gasteiger partial charge in [0, 0.05) is 37.1 Å². The summed E-state index contributed by atoms with van der Waals surface area (Å²) in [5.74, 6) is 0. The van der Waals surface area contributed by atoms with Gasteiger partial charge in [-0.1, -0.05) is 20.8 Å². The summed E-state index contributed by atoms with van der Waals surface area (Å²) in [7, 11) is 0. The van der Waals surface area contributed by atoms with Crippen LogP contribution < -0.4 is 5.32 Å². The fourth-order valence-electron chi connectivity index (χ4n) is 2.28. The third-order valence-electron chi connectivity index (χ3n) is 3.45. The summed E-state index contributed by atoms with van der Waals surface area (Å²) in [6, 6.07) is 1.06. The zero-order valence-electron chi connectivity index (χ0n) is 12.2. The summed E-state index contributed by atoms with van der Waals surface area (Å²) in [5, 5.41) is 6.79. The third-order valence-corrected chi connectivity index (χ3v) is 4.34. The highest BCUT2D eigenvalue weighted by molar-refractivity contribution is 7.09. The van der Waals surface area contributed by atoms with E-state index in [-0.39, 0.29) is 0 Å². The molecule has 4 nitrogen and oxygen atoms in total. The first-order chi connectivity index (χ1) is 9.19.